The van der Waals surface area contributed by atoms with E-state index in [0.29, 0.717) is 42.8 Å². The number of aryl methyl sites for hydroxylation is 2. The van der Waals surface area contributed by atoms with Crippen molar-refractivity contribution in [1.82, 2.24) is 0 Å². The normalized spacial score (nSPS) is 22.7. The van der Waals surface area contributed by atoms with Gasteiger partial charge in [-0.05, 0) is 115 Å². The van der Waals surface area contributed by atoms with Crippen LogP contribution in [0, 0.1) is 29.4 Å². The quantitative estimate of drug-likeness (QED) is 0.238. The molecule has 0 N–H and O–H groups in total. The summed E-state index contributed by atoms with van der Waals surface area (Å²) in [5, 5.41) is 0. The molecule has 0 aromatic heterocycles. The smallest absolute Gasteiger partial charge is 0.200 e. The van der Waals surface area contributed by atoms with Crippen LogP contribution in [0.2, 0.25) is 0 Å². The number of rotatable bonds is 10. The predicted molar refractivity (Wildman–Crippen MR) is 157 cm³/mol. The van der Waals surface area contributed by atoms with Crippen molar-refractivity contribution in [3.05, 3.63) is 102 Å². The minimum Gasteiger partial charge on any atom is -0.490 e. The van der Waals surface area contributed by atoms with Crippen LogP contribution in [0.15, 0.2) is 73.3 Å². The minimum absolute atomic E-state index is 0.0426. The maximum atomic E-state index is 14.6. The number of halogens is 2. The van der Waals surface area contributed by atoms with E-state index < -0.39 is 11.6 Å². The van der Waals surface area contributed by atoms with Crippen molar-refractivity contribution in [2.75, 3.05) is 6.61 Å². The molecule has 3 heteroatoms. The molecule has 0 bridgehead atoms. The molecule has 39 heavy (non-hydrogen) atoms. The summed E-state index contributed by atoms with van der Waals surface area (Å²) in [5.74, 6) is 0.919. The van der Waals surface area contributed by atoms with Crippen molar-refractivity contribution in [2.45, 2.75) is 77.0 Å². The molecule has 5 rings (SSSR count). The van der Waals surface area contributed by atoms with Crippen molar-refractivity contribution in [1.29, 1.82) is 0 Å². The summed E-state index contributed by atoms with van der Waals surface area (Å²) in [4.78, 5) is 0. The van der Waals surface area contributed by atoms with Gasteiger partial charge in [0.25, 0.3) is 0 Å². The monoisotopic (exact) mass is 528 g/mol. The summed E-state index contributed by atoms with van der Waals surface area (Å²) >= 11 is 0. The minimum atomic E-state index is -0.856. The van der Waals surface area contributed by atoms with Crippen LogP contribution < -0.4 is 4.74 Å². The number of allylic oxidation sites excluding steroid dienone is 1. The Morgan fingerprint density at radius 1 is 0.795 bits per heavy atom. The lowest BCUT2D eigenvalue weighted by molar-refractivity contribution is 0.0902. The zero-order valence-electron chi connectivity index (χ0n) is 23.3. The average molecular weight is 529 g/mol. The highest BCUT2D eigenvalue weighted by molar-refractivity contribution is 5.64. The third-order valence-corrected chi connectivity index (χ3v) is 9.15. The highest BCUT2D eigenvalue weighted by Crippen LogP contribution is 2.48. The first-order chi connectivity index (χ1) is 19.1. The van der Waals surface area contributed by atoms with Gasteiger partial charge >= 0.3 is 0 Å². The van der Waals surface area contributed by atoms with Crippen LogP contribution in [0.25, 0.3) is 11.1 Å². The van der Waals surface area contributed by atoms with Gasteiger partial charge < -0.3 is 4.74 Å². The first-order valence-electron chi connectivity index (χ1n) is 15.0. The molecule has 4 atom stereocenters. The number of hydrogen-bond donors (Lipinski definition) is 0. The van der Waals surface area contributed by atoms with E-state index in [4.69, 9.17) is 4.74 Å². The zero-order chi connectivity index (χ0) is 27.2. The lowest BCUT2D eigenvalue weighted by Gasteiger charge is -2.42. The van der Waals surface area contributed by atoms with Gasteiger partial charge in [0.05, 0.1) is 6.61 Å². The Bertz CT molecular complexity index is 1230. The maximum Gasteiger partial charge on any atom is 0.200 e. The molecule has 1 nitrogen and oxygen atoms in total. The summed E-state index contributed by atoms with van der Waals surface area (Å²) in [6.07, 6.45) is 12.3. The van der Waals surface area contributed by atoms with Crippen LogP contribution >= 0.6 is 0 Å². The first kappa shape index (κ1) is 27.6. The van der Waals surface area contributed by atoms with E-state index >= 15 is 0 Å². The summed E-state index contributed by atoms with van der Waals surface area (Å²) in [6, 6.07) is 21.5. The Morgan fingerprint density at radius 3 is 2.21 bits per heavy atom. The molecular formula is C36H42F2O. The van der Waals surface area contributed by atoms with Gasteiger partial charge in [-0.1, -0.05) is 74.0 Å². The van der Waals surface area contributed by atoms with Crippen LogP contribution in [-0.4, -0.2) is 6.61 Å². The second-order valence-corrected chi connectivity index (χ2v) is 11.8. The van der Waals surface area contributed by atoms with E-state index in [2.05, 4.69) is 62.0 Å². The van der Waals surface area contributed by atoms with Gasteiger partial charge in [-0.3, -0.25) is 0 Å². The Hall–Kier alpha value is -2.94. The van der Waals surface area contributed by atoms with Crippen LogP contribution in [-0.2, 0) is 12.8 Å². The molecule has 2 aliphatic rings. The van der Waals surface area contributed by atoms with Gasteiger partial charge in [0.2, 0.25) is 5.82 Å². The molecule has 2 saturated carbocycles. The van der Waals surface area contributed by atoms with Gasteiger partial charge in [-0.25, -0.2) is 4.39 Å². The van der Waals surface area contributed by atoms with Crippen molar-refractivity contribution < 1.29 is 13.5 Å². The van der Waals surface area contributed by atoms with Crippen LogP contribution in [0.5, 0.6) is 5.75 Å². The second-order valence-electron chi connectivity index (χ2n) is 11.8. The van der Waals surface area contributed by atoms with E-state index in [0.717, 1.165) is 25.2 Å². The molecule has 3 aromatic carbocycles. The zero-order valence-corrected chi connectivity index (χ0v) is 23.3. The standard InChI is InChI=1S/C36H42F2O/c1-3-5-7-30-20-21-34(36(38)35(30)37)39-24-26-10-13-33-23-32(19-18-31(33)22-26)29-16-14-28(15-17-29)27-11-8-25(6-4-2)9-12-27/h3,8-9,11-12,14-17,20-21,26,31-33H,1,4-7,10,13,18-19,22-24H2,2H3. The maximum absolute atomic E-state index is 14.6. The molecule has 0 saturated heterocycles. The molecule has 2 fully saturated rings. The highest BCUT2D eigenvalue weighted by Gasteiger charge is 2.36. The van der Waals surface area contributed by atoms with E-state index in [1.165, 1.54) is 54.4 Å². The lowest BCUT2D eigenvalue weighted by atomic mass is 9.64. The van der Waals surface area contributed by atoms with E-state index in [1.807, 2.05) is 0 Å². The number of hydrogen-bond acceptors (Lipinski definition) is 1. The van der Waals surface area contributed by atoms with Gasteiger partial charge in [0, 0.05) is 0 Å². The predicted octanol–water partition coefficient (Wildman–Crippen LogP) is 10.1. The Morgan fingerprint density at radius 2 is 1.49 bits per heavy atom. The number of ether oxygens (including phenoxy) is 1. The summed E-state index contributed by atoms with van der Waals surface area (Å²) in [6.45, 7) is 6.34. The molecule has 0 aliphatic heterocycles. The van der Waals surface area contributed by atoms with Crippen molar-refractivity contribution >= 4 is 0 Å². The Balaban J connectivity index is 1.12. The molecular weight excluding hydrogens is 486 g/mol. The summed E-state index contributed by atoms with van der Waals surface area (Å²) in [7, 11) is 0. The summed E-state index contributed by atoms with van der Waals surface area (Å²) < 4.78 is 34.8. The molecule has 0 heterocycles. The van der Waals surface area contributed by atoms with Gasteiger partial charge in [0.15, 0.2) is 11.6 Å². The molecule has 0 radical (unpaired) electrons. The van der Waals surface area contributed by atoms with E-state index in [9.17, 15) is 8.78 Å². The first-order valence-corrected chi connectivity index (χ1v) is 15.0. The van der Waals surface area contributed by atoms with Gasteiger partial charge in [0.1, 0.15) is 0 Å². The fourth-order valence-electron chi connectivity index (χ4n) is 6.88. The number of fused-ring (bicyclic) bond motifs is 1. The Labute approximate surface area is 233 Å². The molecule has 0 spiro atoms. The molecule has 206 valence electrons. The lowest BCUT2D eigenvalue weighted by Crippen LogP contribution is -2.32. The SMILES string of the molecule is C=CCCc1ccc(OCC2CCC3CC(c4ccc(-c5ccc(CCC)cc5)cc4)CCC3C2)c(F)c1F. The van der Waals surface area contributed by atoms with Crippen LogP contribution in [0.3, 0.4) is 0 Å². The van der Waals surface area contributed by atoms with Crippen molar-refractivity contribution in [3.63, 3.8) is 0 Å². The van der Waals surface area contributed by atoms with E-state index in [-0.39, 0.29) is 5.75 Å². The second kappa shape index (κ2) is 12.9. The Kier molecular flexibility index (Phi) is 9.17. The third-order valence-electron chi connectivity index (χ3n) is 9.15. The molecule has 2 aliphatic carbocycles. The topological polar surface area (TPSA) is 9.23 Å². The van der Waals surface area contributed by atoms with Gasteiger partial charge in [-0.2, -0.15) is 4.39 Å². The molecule has 4 unspecified atom stereocenters. The van der Waals surface area contributed by atoms with Crippen LogP contribution in [0.1, 0.15) is 80.9 Å². The van der Waals surface area contributed by atoms with Crippen LogP contribution in [0.4, 0.5) is 8.78 Å². The third kappa shape index (κ3) is 6.62. The van der Waals surface area contributed by atoms with Crippen molar-refractivity contribution in [2.24, 2.45) is 17.8 Å². The van der Waals surface area contributed by atoms with E-state index in [1.54, 1.807) is 18.2 Å². The average Bonchev–Trinajstić information content (AvgIpc) is 2.98. The van der Waals surface area contributed by atoms with Gasteiger partial charge in [-0.15, -0.1) is 6.58 Å². The number of benzene rings is 3. The fourth-order valence-corrected chi connectivity index (χ4v) is 6.88. The molecule has 3 aromatic rings. The largest absolute Gasteiger partial charge is 0.490 e. The molecule has 0 amide bonds. The highest BCUT2D eigenvalue weighted by atomic mass is 19.2. The fraction of sp³-hybridized carbons (Fsp3) is 0.444. The van der Waals surface area contributed by atoms with Crippen molar-refractivity contribution in [3.8, 4) is 16.9 Å². The summed E-state index contributed by atoms with van der Waals surface area (Å²) in [5.41, 5.74) is 5.84.